The highest BCUT2D eigenvalue weighted by atomic mass is 32.2. The molecule has 0 aliphatic carbocycles. The van der Waals surface area contributed by atoms with Crippen LogP contribution in [-0.2, 0) is 19.7 Å². The van der Waals surface area contributed by atoms with E-state index in [9.17, 15) is 13.2 Å². The first-order valence-corrected chi connectivity index (χ1v) is 9.41. The van der Waals surface area contributed by atoms with E-state index in [0.717, 1.165) is 0 Å². The van der Waals surface area contributed by atoms with Crippen LogP contribution in [0.5, 0.6) is 0 Å². The molecule has 0 radical (unpaired) electrons. The molecule has 2 aliphatic heterocycles. The van der Waals surface area contributed by atoms with Gasteiger partial charge in [0, 0.05) is 39.3 Å². The number of amides is 1. The fourth-order valence-corrected chi connectivity index (χ4v) is 4.21. The van der Waals surface area contributed by atoms with E-state index in [1.54, 1.807) is 4.90 Å². The third-order valence-electron chi connectivity index (χ3n) is 4.37. The van der Waals surface area contributed by atoms with Crippen molar-refractivity contribution >= 4 is 16.1 Å². The molecule has 1 amide bonds. The molecule has 9 heteroatoms. The number of piperazine rings is 1. The Bertz CT molecular complexity index is 517. The van der Waals surface area contributed by atoms with Gasteiger partial charge in [-0.15, -0.1) is 0 Å². The van der Waals surface area contributed by atoms with Gasteiger partial charge in [-0.25, -0.2) is 0 Å². The van der Waals surface area contributed by atoms with Crippen LogP contribution in [0.3, 0.4) is 0 Å². The summed E-state index contributed by atoms with van der Waals surface area (Å²) in [6, 6.07) is -0.579. The van der Waals surface area contributed by atoms with E-state index in [1.807, 2.05) is 20.8 Å². The second kappa shape index (κ2) is 7.02. The van der Waals surface area contributed by atoms with Crippen molar-refractivity contribution in [2.75, 3.05) is 52.5 Å². The average Bonchev–Trinajstić information content (AvgIpc) is 2.53. The molecule has 0 aromatic carbocycles. The third-order valence-corrected chi connectivity index (χ3v) is 6.41. The summed E-state index contributed by atoms with van der Waals surface area (Å²) in [4.78, 5) is 14.1. The predicted octanol–water partition coefficient (Wildman–Crippen LogP) is -0.919. The summed E-state index contributed by atoms with van der Waals surface area (Å²) in [5.74, 6) is -0.110. The zero-order valence-electron chi connectivity index (χ0n) is 14.2. The zero-order valence-corrected chi connectivity index (χ0v) is 15.0. The lowest BCUT2D eigenvalue weighted by Crippen LogP contribution is -2.59. The minimum absolute atomic E-state index is 0.110. The maximum atomic E-state index is 12.6. The molecule has 0 unspecified atom stereocenters. The Balaban J connectivity index is 1.94. The lowest BCUT2D eigenvalue weighted by Gasteiger charge is -2.39. The molecule has 2 saturated heterocycles. The number of morpholine rings is 1. The van der Waals surface area contributed by atoms with Crippen LogP contribution in [0.4, 0.5) is 0 Å². The van der Waals surface area contributed by atoms with E-state index in [4.69, 9.17) is 10.5 Å². The smallest absolute Gasteiger partial charge is 0.282 e. The highest BCUT2D eigenvalue weighted by Gasteiger charge is 2.37. The molecule has 1 atom stereocenters. The molecular formula is C14H28N4O4S. The summed E-state index contributed by atoms with van der Waals surface area (Å²) >= 11 is 0. The summed E-state index contributed by atoms with van der Waals surface area (Å²) in [6.45, 7) is 8.78. The molecule has 0 aromatic rings. The molecule has 0 aromatic heterocycles. The van der Waals surface area contributed by atoms with Crippen LogP contribution in [0.15, 0.2) is 0 Å². The number of hydrogen-bond donors (Lipinski definition) is 1. The average molecular weight is 348 g/mol. The number of carbonyl (C=O) groups excluding carboxylic acids is 1. The van der Waals surface area contributed by atoms with Gasteiger partial charge in [-0.1, -0.05) is 20.8 Å². The van der Waals surface area contributed by atoms with Gasteiger partial charge in [0.2, 0.25) is 5.91 Å². The highest BCUT2D eigenvalue weighted by molar-refractivity contribution is 7.86. The van der Waals surface area contributed by atoms with Crippen molar-refractivity contribution in [3.63, 3.8) is 0 Å². The molecule has 0 spiro atoms. The third kappa shape index (κ3) is 4.21. The summed E-state index contributed by atoms with van der Waals surface area (Å²) in [5, 5.41) is 0. The van der Waals surface area contributed by atoms with Crippen molar-refractivity contribution in [2.45, 2.75) is 26.8 Å². The molecule has 134 valence electrons. The number of ether oxygens (including phenoxy) is 1. The Morgan fingerprint density at radius 1 is 1.00 bits per heavy atom. The highest BCUT2D eigenvalue weighted by Crippen LogP contribution is 2.20. The van der Waals surface area contributed by atoms with E-state index >= 15 is 0 Å². The largest absolute Gasteiger partial charge is 0.379 e. The van der Waals surface area contributed by atoms with Gasteiger partial charge in [-0.2, -0.15) is 17.0 Å². The first-order chi connectivity index (χ1) is 10.6. The van der Waals surface area contributed by atoms with E-state index in [0.29, 0.717) is 52.5 Å². The Kier molecular flexibility index (Phi) is 5.68. The topological polar surface area (TPSA) is 96.2 Å². The van der Waals surface area contributed by atoms with Crippen LogP contribution in [0.25, 0.3) is 0 Å². The maximum absolute atomic E-state index is 12.6. The SMILES string of the molecule is CC(C)(C)[C@H](N)C(=O)N1CCN(S(=O)(=O)N2CCOCC2)CC1. The van der Waals surface area contributed by atoms with E-state index in [2.05, 4.69) is 0 Å². The van der Waals surface area contributed by atoms with Crippen molar-refractivity contribution < 1.29 is 17.9 Å². The van der Waals surface area contributed by atoms with E-state index in [1.165, 1.54) is 8.61 Å². The van der Waals surface area contributed by atoms with Crippen molar-refractivity contribution in [1.29, 1.82) is 0 Å². The summed E-state index contributed by atoms with van der Waals surface area (Å²) < 4.78 is 33.3. The Morgan fingerprint density at radius 3 is 1.96 bits per heavy atom. The number of hydrogen-bond acceptors (Lipinski definition) is 5. The van der Waals surface area contributed by atoms with Crippen LogP contribution in [-0.4, -0.2) is 86.4 Å². The zero-order chi connectivity index (χ0) is 17.3. The summed E-state index contributed by atoms with van der Waals surface area (Å²) in [6.07, 6.45) is 0. The predicted molar refractivity (Wildman–Crippen MR) is 86.9 cm³/mol. The number of nitrogens with zero attached hydrogens (tertiary/aromatic N) is 3. The first-order valence-electron chi connectivity index (χ1n) is 8.01. The summed E-state index contributed by atoms with van der Waals surface area (Å²) in [7, 11) is -3.47. The Labute approximate surface area is 138 Å². The molecule has 2 aliphatic rings. The van der Waals surface area contributed by atoms with Gasteiger partial charge in [0.05, 0.1) is 19.3 Å². The fraction of sp³-hybridized carbons (Fsp3) is 0.929. The monoisotopic (exact) mass is 348 g/mol. The molecule has 0 bridgehead atoms. The van der Waals surface area contributed by atoms with Gasteiger partial charge in [-0.05, 0) is 5.41 Å². The molecule has 2 heterocycles. The minimum atomic E-state index is -3.47. The number of rotatable bonds is 3. The molecule has 0 saturated carbocycles. The molecule has 8 nitrogen and oxygen atoms in total. The van der Waals surface area contributed by atoms with Crippen LogP contribution < -0.4 is 5.73 Å². The fourth-order valence-electron chi connectivity index (χ4n) is 2.65. The van der Waals surface area contributed by atoms with E-state index < -0.39 is 16.3 Å². The quantitative estimate of drug-likeness (QED) is 0.712. The molecular weight excluding hydrogens is 320 g/mol. The Hall–Kier alpha value is -0.740. The van der Waals surface area contributed by atoms with Gasteiger partial charge in [-0.3, -0.25) is 4.79 Å². The Morgan fingerprint density at radius 2 is 1.48 bits per heavy atom. The molecule has 2 N–H and O–H groups in total. The molecule has 2 rings (SSSR count). The number of nitrogens with two attached hydrogens (primary N) is 1. The maximum Gasteiger partial charge on any atom is 0.282 e. The minimum Gasteiger partial charge on any atom is -0.379 e. The van der Waals surface area contributed by atoms with Gasteiger partial charge in [0.15, 0.2) is 0 Å². The van der Waals surface area contributed by atoms with Crippen molar-refractivity contribution in [3.8, 4) is 0 Å². The van der Waals surface area contributed by atoms with Crippen molar-refractivity contribution in [2.24, 2.45) is 11.1 Å². The van der Waals surface area contributed by atoms with Crippen LogP contribution in [0.1, 0.15) is 20.8 Å². The van der Waals surface area contributed by atoms with Crippen molar-refractivity contribution in [3.05, 3.63) is 0 Å². The van der Waals surface area contributed by atoms with Gasteiger partial charge in [0.25, 0.3) is 10.2 Å². The molecule has 2 fully saturated rings. The normalized spacial score (nSPS) is 23.7. The van der Waals surface area contributed by atoms with Crippen LogP contribution in [0, 0.1) is 5.41 Å². The summed E-state index contributed by atoms with van der Waals surface area (Å²) in [5.41, 5.74) is 5.71. The standard InChI is InChI=1S/C14H28N4O4S/c1-14(2,3)12(15)13(19)16-4-6-17(7-5-16)23(20,21)18-8-10-22-11-9-18/h12H,4-11,15H2,1-3H3/t12-/m1/s1. The second-order valence-electron chi connectivity index (χ2n) is 7.09. The van der Waals surface area contributed by atoms with Crippen LogP contribution in [0.2, 0.25) is 0 Å². The van der Waals surface area contributed by atoms with Gasteiger partial charge < -0.3 is 15.4 Å². The first kappa shape index (κ1) is 18.6. The van der Waals surface area contributed by atoms with Crippen LogP contribution >= 0.6 is 0 Å². The second-order valence-corrected chi connectivity index (χ2v) is 9.02. The number of carbonyl (C=O) groups is 1. The lowest BCUT2D eigenvalue weighted by molar-refractivity contribution is -0.136. The van der Waals surface area contributed by atoms with Gasteiger partial charge in [0.1, 0.15) is 0 Å². The van der Waals surface area contributed by atoms with Crippen molar-refractivity contribution in [1.82, 2.24) is 13.5 Å². The van der Waals surface area contributed by atoms with E-state index in [-0.39, 0.29) is 11.3 Å². The molecule has 23 heavy (non-hydrogen) atoms. The lowest BCUT2D eigenvalue weighted by atomic mass is 9.86. The van der Waals surface area contributed by atoms with Gasteiger partial charge >= 0.3 is 0 Å².